The van der Waals surface area contributed by atoms with E-state index in [1.165, 1.54) is 55.6 Å². The van der Waals surface area contributed by atoms with E-state index in [2.05, 4.69) is 140 Å². The van der Waals surface area contributed by atoms with Gasteiger partial charge < -0.3 is 0 Å². The van der Waals surface area contributed by atoms with Crippen LogP contribution in [0.5, 0.6) is 0 Å². The quantitative estimate of drug-likeness (QED) is 0.147. The van der Waals surface area contributed by atoms with Gasteiger partial charge in [-0.3, -0.25) is 15.0 Å². The third kappa shape index (κ3) is 7.28. The maximum Gasteiger partial charge on any atom is 0.182 e. The van der Waals surface area contributed by atoms with Crippen molar-refractivity contribution in [1.29, 1.82) is 0 Å². The van der Waals surface area contributed by atoms with Crippen molar-refractivity contribution in [2.45, 2.75) is 38.5 Å². The third-order valence-corrected chi connectivity index (χ3v) is 14.4. The van der Waals surface area contributed by atoms with Crippen molar-refractivity contribution in [3.8, 4) is 113 Å². The summed E-state index contributed by atoms with van der Waals surface area (Å²) in [5.41, 5.74) is 19.6. The summed E-state index contributed by atoms with van der Waals surface area (Å²) < 4.78 is 0. The van der Waals surface area contributed by atoms with E-state index >= 15 is 0 Å². The van der Waals surface area contributed by atoms with Crippen molar-refractivity contribution in [3.05, 3.63) is 223 Å². The van der Waals surface area contributed by atoms with Gasteiger partial charge in [0.15, 0.2) is 34.9 Å². The highest BCUT2D eigenvalue weighted by atomic mass is 15.1. The fourth-order valence-electron chi connectivity index (χ4n) is 10.5. The summed E-state index contributed by atoms with van der Waals surface area (Å²) in [7, 11) is 0. The van der Waals surface area contributed by atoms with Crippen LogP contribution in [0.15, 0.2) is 201 Å². The number of fused-ring (bicyclic) bond motifs is 6. The Morgan fingerprint density at radius 3 is 0.931 bits per heavy atom. The summed E-state index contributed by atoms with van der Waals surface area (Å²) in [5, 5.41) is 0. The van der Waals surface area contributed by atoms with E-state index < -0.39 is 0 Å². The molecule has 11 aromatic rings. The van der Waals surface area contributed by atoms with Crippen molar-refractivity contribution in [3.63, 3.8) is 0 Å². The van der Waals surface area contributed by atoms with E-state index in [0.29, 0.717) is 52.0 Å². The van der Waals surface area contributed by atoms with Gasteiger partial charge in [0.2, 0.25) is 0 Å². The van der Waals surface area contributed by atoms with Gasteiger partial charge in [-0.15, -0.1) is 0 Å². The fourth-order valence-corrected chi connectivity index (χ4v) is 10.5. The number of hydrogen-bond acceptors (Lipinski definition) is 9. The van der Waals surface area contributed by atoms with Crippen molar-refractivity contribution in [2.24, 2.45) is 0 Å². The van der Waals surface area contributed by atoms with Gasteiger partial charge in [-0.2, -0.15) is 0 Å². The van der Waals surface area contributed by atoms with Crippen LogP contribution >= 0.6 is 0 Å². The summed E-state index contributed by atoms with van der Waals surface area (Å²) in [5.74, 6) is 3.33. The molecule has 0 bridgehead atoms. The van der Waals surface area contributed by atoms with Crippen LogP contribution in [0.2, 0.25) is 0 Å². The average molecular weight is 928 g/mol. The zero-order valence-electron chi connectivity index (χ0n) is 40.1. The molecule has 9 nitrogen and oxygen atoms in total. The van der Waals surface area contributed by atoms with Crippen LogP contribution in [0.4, 0.5) is 0 Å². The second-order valence-corrected chi connectivity index (χ2v) is 19.5. The lowest BCUT2D eigenvalue weighted by Gasteiger charge is -2.24. The van der Waals surface area contributed by atoms with Crippen molar-refractivity contribution < 1.29 is 0 Å². The second-order valence-electron chi connectivity index (χ2n) is 19.5. The first-order valence-corrected chi connectivity index (χ1v) is 24.2. The molecule has 342 valence electrons. The first-order chi connectivity index (χ1) is 35.2. The van der Waals surface area contributed by atoms with Gasteiger partial charge in [0.1, 0.15) is 17.1 Å². The van der Waals surface area contributed by atoms with E-state index in [1.807, 2.05) is 84.9 Å². The molecule has 0 saturated carbocycles. The molecular formula is C63H45N9. The van der Waals surface area contributed by atoms with Crippen LogP contribution in [-0.4, -0.2) is 44.9 Å². The lowest BCUT2D eigenvalue weighted by molar-refractivity contribution is 0.652. The van der Waals surface area contributed by atoms with Crippen molar-refractivity contribution in [1.82, 2.24) is 44.9 Å². The zero-order valence-corrected chi connectivity index (χ0v) is 40.1. The Hall–Kier alpha value is -9.21. The highest BCUT2D eigenvalue weighted by Gasteiger charge is 2.42. The van der Waals surface area contributed by atoms with E-state index in [0.717, 1.165) is 27.8 Å². The molecule has 13 rings (SSSR count). The third-order valence-electron chi connectivity index (χ3n) is 14.4. The van der Waals surface area contributed by atoms with Crippen LogP contribution in [0.25, 0.3) is 113 Å². The molecule has 72 heavy (non-hydrogen) atoms. The minimum absolute atomic E-state index is 0.208. The molecule has 0 amide bonds. The molecule has 5 aromatic heterocycles. The maximum atomic E-state index is 4.93. The standard InChI is InChI=1S/C63H45N9/c1-62(2)49-34-43(38-19-23-41(24-20-38)57-67-56(40-14-6-5-7-15-40)68-59(69-57)53-16-8-11-31-64-53)27-29-45(49)47-36-52-48(37-51(47)62)46-30-28-44(35-50(46)63(52,3)4)39-21-25-42(26-22-39)58-70-60(54-17-9-12-32-65-54)72-61(71-58)55-18-10-13-33-66-55/h5-37H,1-4H3. The molecule has 6 aromatic carbocycles. The molecule has 0 fully saturated rings. The fraction of sp³-hybridized carbons (Fsp3) is 0.0952. The highest BCUT2D eigenvalue weighted by molar-refractivity contribution is 5.91. The number of benzene rings is 6. The zero-order chi connectivity index (χ0) is 48.6. The molecule has 0 radical (unpaired) electrons. The van der Waals surface area contributed by atoms with Gasteiger partial charge in [0.05, 0.1) is 0 Å². The van der Waals surface area contributed by atoms with E-state index in [9.17, 15) is 0 Å². The van der Waals surface area contributed by atoms with Crippen LogP contribution in [0.1, 0.15) is 49.9 Å². The van der Waals surface area contributed by atoms with Gasteiger partial charge >= 0.3 is 0 Å². The predicted molar refractivity (Wildman–Crippen MR) is 285 cm³/mol. The van der Waals surface area contributed by atoms with E-state index in [1.54, 1.807) is 18.6 Å². The summed E-state index contributed by atoms with van der Waals surface area (Å²) >= 11 is 0. The van der Waals surface area contributed by atoms with Gasteiger partial charge in [0.25, 0.3) is 0 Å². The topological polar surface area (TPSA) is 116 Å². The monoisotopic (exact) mass is 927 g/mol. The van der Waals surface area contributed by atoms with Gasteiger partial charge in [-0.25, -0.2) is 29.9 Å². The molecule has 0 unspecified atom stereocenters. The Balaban J connectivity index is 0.789. The van der Waals surface area contributed by atoms with Gasteiger partial charge in [-0.1, -0.05) is 149 Å². The molecule has 0 aliphatic heterocycles. The average Bonchev–Trinajstić information content (AvgIpc) is 3.81. The Kier molecular flexibility index (Phi) is 9.97. The molecule has 0 saturated heterocycles. The van der Waals surface area contributed by atoms with Crippen molar-refractivity contribution in [2.75, 3.05) is 0 Å². The second kappa shape index (κ2) is 16.7. The normalized spacial score (nSPS) is 13.5. The number of aromatic nitrogens is 9. The molecule has 0 atom stereocenters. The molecule has 2 aliphatic carbocycles. The molecule has 9 heteroatoms. The summed E-state index contributed by atoms with van der Waals surface area (Å²) in [6.07, 6.45) is 5.25. The molecular weight excluding hydrogens is 883 g/mol. The van der Waals surface area contributed by atoms with Gasteiger partial charge in [0, 0.05) is 46.1 Å². The number of rotatable bonds is 8. The minimum Gasteiger partial charge on any atom is -0.253 e. The summed E-state index contributed by atoms with van der Waals surface area (Å²) in [4.78, 5) is 42.7. The molecule has 0 N–H and O–H groups in total. The number of hydrogen-bond donors (Lipinski definition) is 0. The molecule has 5 heterocycles. The first kappa shape index (κ1) is 42.9. The predicted octanol–water partition coefficient (Wildman–Crippen LogP) is 14.2. The van der Waals surface area contributed by atoms with Crippen LogP contribution in [-0.2, 0) is 10.8 Å². The summed E-state index contributed by atoms with van der Waals surface area (Å²) in [6.45, 7) is 9.46. The lowest BCUT2D eigenvalue weighted by Crippen LogP contribution is -2.17. The van der Waals surface area contributed by atoms with Crippen molar-refractivity contribution >= 4 is 0 Å². The highest BCUT2D eigenvalue weighted by Crippen LogP contribution is 2.57. The summed E-state index contributed by atoms with van der Waals surface area (Å²) in [6, 6.07) is 63.2. The number of pyridine rings is 3. The Bertz CT molecular complexity index is 3510. The maximum absolute atomic E-state index is 4.93. The van der Waals surface area contributed by atoms with Crippen LogP contribution < -0.4 is 0 Å². The molecule has 2 aliphatic rings. The van der Waals surface area contributed by atoms with Crippen LogP contribution in [0, 0.1) is 0 Å². The van der Waals surface area contributed by atoms with Crippen LogP contribution in [0.3, 0.4) is 0 Å². The number of nitrogens with zero attached hydrogens (tertiary/aromatic N) is 9. The molecule has 0 spiro atoms. The first-order valence-electron chi connectivity index (χ1n) is 24.2. The Labute approximate surface area is 417 Å². The largest absolute Gasteiger partial charge is 0.253 e. The van der Waals surface area contributed by atoms with E-state index in [4.69, 9.17) is 29.9 Å². The SMILES string of the molecule is CC1(C)c2cc(-c3ccc(-c4nc(-c5ccccc5)nc(-c5ccccn5)n4)cc3)ccc2-c2cc3c(cc21)-c1ccc(-c2ccc(-c4nc(-c5ccccn5)nc(-c5ccccn5)n4)cc2)cc1C3(C)C. The smallest absolute Gasteiger partial charge is 0.182 e. The van der Waals surface area contributed by atoms with Gasteiger partial charge in [-0.05, 0) is 127 Å². The van der Waals surface area contributed by atoms with E-state index in [-0.39, 0.29) is 10.8 Å². The Morgan fingerprint density at radius 2 is 0.556 bits per heavy atom. The minimum atomic E-state index is -0.211. The lowest BCUT2D eigenvalue weighted by atomic mass is 9.79. The Morgan fingerprint density at radius 1 is 0.250 bits per heavy atom.